The molecule has 0 aliphatic heterocycles. The third kappa shape index (κ3) is 5.21. The lowest BCUT2D eigenvalue weighted by atomic mass is 10.1. The SMILES string of the molecule is C[C@H]([NH2+]CC(=O)NCc1ccccc1)c1cccc(Cl)c1. The first-order valence-electron chi connectivity index (χ1n) is 7.04. The Bertz CT molecular complexity index is 586. The fraction of sp³-hybridized carbons (Fsp3) is 0.235. The number of rotatable bonds is 6. The summed E-state index contributed by atoms with van der Waals surface area (Å²) in [5, 5.41) is 5.65. The highest BCUT2D eigenvalue weighted by atomic mass is 35.5. The highest BCUT2D eigenvalue weighted by molar-refractivity contribution is 6.30. The second-order valence-electron chi connectivity index (χ2n) is 5.05. The molecule has 2 aromatic carbocycles. The van der Waals surface area contributed by atoms with Crippen LogP contribution in [0.4, 0.5) is 0 Å². The molecule has 0 heterocycles. The number of carbonyl (C=O) groups excluding carboxylic acids is 1. The molecule has 0 unspecified atom stereocenters. The van der Waals surface area contributed by atoms with Crippen molar-refractivity contribution in [2.24, 2.45) is 0 Å². The Morgan fingerprint density at radius 3 is 2.67 bits per heavy atom. The molecule has 3 nitrogen and oxygen atoms in total. The van der Waals surface area contributed by atoms with Crippen LogP contribution in [0.3, 0.4) is 0 Å². The van der Waals surface area contributed by atoms with E-state index in [-0.39, 0.29) is 11.9 Å². The molecule has 0 spiro atoms. The summed E-state index contributed by atoms with van der Waals surface area (Å²) in [6.07, 6.45) is 0. The van der Waals surface area contributed by atoms with Crippen molar-refractivity contribution >= 4 is 17.5 Å². The average molecular weight is 304 g/mol. The fourth-order valence-corrected chi connectivity index (χ4v) is 2.28. The lowest BCUT2D eigenvalue weighted by molar-refractivity contribution is -0.682. The zero-order valence-corrected chi connectivity index (χ0v) is 12.8. The number of hydrogen-bond acceptors (Lipinski definition) is 1. The van der Waals surface area contributed by atoms with E-state index in [9.17, 15) is 4.79 Å². The standard InChI is InChI=1S/C17H19ClN2O/c1-13(15-8-5-9-16(18)10-15)19-12-17(21)20-11-14-6-3-2-4-7-14/h2-10,13,19H,11-12H2,1H3,(H,20,21)/p+1/t13-/m0/s1. The molecular formula is C17H20ClN2O+. The molecule has 0 aliphatic rings. The van der Waals surface area contributed by atoms with Gasteiger partial charge in [0, 0.05) is 17.1 Å². The predicted octanol–water partition coefficient (Wildman–Crippen LogP) is 2.28. The maximum Gasteiger partial charge on any atom is 0.275 e. The fourth-order valence-electron chi connectivity index (χ4n) is 2.08. The van der Waals surface area contributed by atoms with Gasteiger partial charge >= 0.3 is 0 Å². The smallest absolute Gasteiger partial charge is 0.275 e. The molecular weight excluding hydrogens is 284 g/mol. The number of quaternary nitrogens is 1. The molecule has 0 aromatic heterocycles. The van der Waals surface area contributed by atoms with Gasteiger partial charge in [0.15, 0.2) is 6.54 Å². The summed E-state index contributed by atoms with van der Waals surface area (Å²) in [6, 6.07) is 17.8. The minimum atomic E-state index is 0.0349. The van der Waals surface area contributed by atoms with Gasteiger partial charge in [0.1, 0.15) is 6.04 Å². The summed E-state index contributed by atoms with van der Waals surface area (Å²) >= 11 is 5.98. The first-order chi connectivity index (χ1) is 10.1. The van der Waals surface area contributed by atoms with Gasteiger partial charge in [-0.1, -0.05) is 54.1 Å². The van der Waals surface area contributed by atoms with Crippen LogP contribution >= 0.6 is 11.6 Å². The third-order valence-corrected chi connectivity index (χ3v) is 3.60. The van der Waals surface area contributed by atoms with E-state index in [0.717, 1.165) is 16.1 Å². The van der Waals surface area contributed by atoms with Crippen molar-refractivity contribution in [2.75, 3.05) is 6.54 Å². The normalized spacial score (nSPS) is 11.9. The lowest BCUT2D eigenvalue weighted by Crippen LogP contribution is -2.87. The molecule has 4 heteroatoms. The molecule has 3 N–H and O–H groups in total. The Hall–Kier alpha value is -1.84. The van der Waals surface area contributed by atoms with E-state index in [1.807, 2.05) is 59.9 Å². The Morgan fingerprint density at radius 2 is 1.95 bits per heavy atom. The molecule has 0 saturated carbocycles. The van der Waals surface area contributed by atoms with Crippen LogP contribution < -0.4 is 10.6 Å². The van der Waals surface area contributed by atoms with Crippen molar-refractivity contribution in [1.29, 1.82) is 0 Å². The van der Waals surface area contributed by atoms with Gasteiger partial charge in [0.25, 0.3) is 5.91 Å². The molecule has 1 amide bonds. The Balaban J connectivity index is 1.76. The van der Waals surface area contributed by atoms with Crippen LogP contribution in [0, 0.1) is 0 Å². The first-order valence-corrected chi connectivity index (χ1v) is 7.42. The van der Waals surface area contributed by atoms with Crippen LogP contribution in [0.5, 0.6) is 0 Å². The molecule has 0 fully saturated rings. The largest absolute Gasteiger partial charge is 0.347 e. The van der Waals surface area contributed by atoms with Gasteiger partial charge in [0.2, 0.25) is 0 Å². The van der Waals surface area contributed by atoms with Crippen molar-refractivity contribution in [3.8, 4) is 0 Å². The number of benzene rings is 2. The molecule has 1 atom stereocenters. The first kappa shape index (κ1) is 15.5. The maximum absolute atomic E-state index is 11.9. The summed E-state index contributed by atoms with van der Waals surface area (Å²) in [5.74, 6) is 0.0349. The van der Waals surface area contributed by atoms with Crippen LogP contribution in [0.25, 0.3) is 0 Å². The number of halogens is 1. The van der Waals surface area contributed by atoms with Gasteiger partial charge in [-0.05, 0) is 24.6 Å². The Morgan fingerprint density at radius 1 is 1.19 bits per heavy atom. The molecule has 2 aromatic rings. The van der Waals surface area contributed by atoms with Gasteiger partial charge in [-0.25, -0.2) is 0 Å². The van der Waals surface area contributed by atoms with Crippen molar-refractivity contribution in [2.45, 2.75) is 19.5 Å². The lowest BCUT2D eigenvalue weighted by Gasteiger charge is -2.11. The van der Waals surface area contributed by atoms with Crippen LogP contribution in [0.2, 0.25) is 5.02 Å². The highest BCUT2D eigenvalue weighted by Gasteiger charge is 2.11. The summed E-state index contributed by atoms with van der Waals surface area (Å²) in [7, 11) is 0. The Kier molecular flexibility index (Phi) is 5.78. The number of carbonyl (C=O) groups is 1. The van der Waals surface area contributed by atoms with E-state index in [0.29, 0.717) is 13.1 Å². The number of nitrogens with one attached hydrogen (secondary N) is 1. The van der Waals surface area contributed by atoms with Gasteiger partial charge in [-0.2, -0.15) is 0 Å². The van der Waals surface area contributed by atoms with Gasteiger partial charge in [-0.15, -0.1) is 0 Å². The van der Waals surface area contributed by atoms with Gasteiger partial charge in [0.05, 0.1) is 0 Å². The van der Waals surface area contributed by atoms with E-state index < -0.39 is 0 Å². The Labute approximate surface area is 130 Å². The summed E-state index contributed by atoms with van der Waals surface area (Å²) in [6.45, 7) is 3.04. The zero-order chi connectivity index (χ0) is 15.1. The summed E-state index contributed by atoms with van der Waals surface area (Å²) in [5.41, 5.74) is 2.23. The number of hydrogen-bond donors (Lipinski definition) is 2. The van der Waals surface area contributed by atoms with Crippen LogP contribution in [0.15, 0.2) is 54.6 Å². The van der Waals surface area contributed by atoms with E-state index in [2.05, 4.69) is 12.2 Å². The van der Waals surface area contributed by atoms with E-state index in [1.165, 1.54) is 0 Å². The molecule has 0 saturated heterocycles. The number of amides is 1. The topological polar surface area (TPSA) is 45.7 Å². The monoisotopic (exact) mass is 303 g/mol. The molecule has 2 rings (SSSR count). The minimum Gasteiger partial charge on any atom is -0.347 e. The zero-order valence-electron chi connectivity index (χ0n) is 12.1. The predicted molar refractivity (Wildman–Crippen MR) is 84.9 cm³/mol. The molecule has 110 valence electrons. The quantitative estimate of drug-likeness (QED) is 0.845. The molecule has 0 radical (unpaired) electrons. The second kappa shape index (κ2) is 7.81. The van der Waals surface area contributed by atoms with Crippen LogP contribution in [-0.2, 0) is 11.3 Å². The molecule has 21 heavy (non-hydrogen) atoms. The van der Waals surface area contributed by atoms with Crippen molar-refractivity contribution < 1.29 is 10.1 Å². The van der Waals surface area contributed by atoms with E-state index >= 15 is 0 Å². The van der Waals surface area contributed by atoms with E-state index in [4.69, 9.17) is 11.6 Å². The van der Waals surface area contributed by atoms with Gasteiger partial charge in [-0.3, -0.25) is 4.79 Å². The number of nitrogens with two attached hydrogens (primary N) is 1. The second-order valence-corrected chi connectivity index (χ2v) is 5.48. The van der Waals surface area contributed by atoms with Crippen molar-refractivity contribution in [1.82, 2.24) is 5.32 Å². The van der Waals surface area contributed by atoms with Crippen molar-refractivity contribution in [3.05, 3.63) is 70.7 Å². The van der Waals surface area contributed by atoms with E-state index in [1.54, 1.807) is 0 Å². The molecule has 0 bridgehead atoms. The van der Waals surface area contributed by atoms with Gasteiger partial charge < -0.3 is 10.6 Å². The maximum atomic E-state index is 11.9. The third-order valence-electron chi connectivity index (χ3n) is 3.36. The summed E-state index contributed by atoms with van der Waals surface area (Å²) < 4.78 is 0. The van der Waals surface area contributed by atoms with Crippen LogP contribution in [0.1, 0.15) is 24.1 Å². The molecule has 0 aliphatic carbocycles. The highest BCUT2D eigenvalue weighted by Crippen LogP contribution is 2.14. The van der Waals surface area contributed by atoms with Crippen LogP contribution in [-0.4, -0.2) is 12.5 Å². The van der Waals surface area contributed by atoms with Crippen molar-refractivity contribution in [3.63, 3.8) is 0 Å². The minimum absolute atomic E-state index is 0.0349. The summed E-state index contributed by atoms with van der Waals surface area (Å²) in [4.78, 5) is 11.9. The average Bonchev–Trinajstić information content (AvgIpc) is 2.51.